The van der Waals surface area contributed by atoms with E-state index in [0.717, 1.165) is 57.0 Å². The summed E-state index contributed by atoms with van der Waals surface area (Å²) in [5.74, 6) is 0.860. The van der Waals surface area contributed by atoms with Crippen LogP contribution < -0.4 is 16.0 Å². The number of carbonyl (C=O) groups is 1. The Kier molecular flexibility index (Phi) is 13.7. The predicted molar refractivity (Wildman–Crippen MR) is 133 cm³/mol. The van der Waals surface area contributed by atoms with Gasteiger partial charge in [0.2, 0.25) is 5.91 Å². The van der Waals surface area contributed by atoms with Crippen molar-refractivity contribution < 1.29 is 9.90 Å². The van der Waals surface area contributed by atoms with Gasteiger partial charge in [0, 0.05) is 38.6 Å². The van der Waals surface area contributed by atoms with Crippen molar-refractivity contribution in [2.24, 2.45) is 4.99 Å². The topological polar surface area (TPSA) is 89.0 Å². The molecule has 8 heteroatoms. The Morgan fingerprint density at radius 2 is 1.90 bits per heavy atom. The molecule has 170 valence electrons. The summed E-state index contributed by atoms with van der Waals surface area (Å²) in [6, 6.07) is 10.3. The highest BCUT2D eigenvalue weighted by atomic mass is 127. The maximum Gasteiger partial charge on any atom is 0.234 e. The van der Waals surface area contributed by atoms with Gasteiger partial charge in [0.1, 0.15) is 0 Å². The van der Waals surface area contributed by atoms with Crippen LogP contribution in [0.5, 0.6) is 0 Å². The highest BCUT2D eigenvalue weighted by Gasteiger charge is 2.21. The van der Waals surface area contributed by atoms with Crippen LogP contribution >= 0.6 is 24.0 Å². The van der Waals surface area contributed by atoms with Crippen LogP contribution in [0.1, 0.15) is 38.7 Å². The lowest BCUT2D eigenvalue weighted by molar-refractivity contribution is -0.122. The molecular formula is C22H38IN5O2. The number of piperidine rings is 1. The highest BCUT2D eigenvalue weighted by molar-refractivity contribution is 14.0. The van der Waals surface area contributed by atoms with Crippen LogP contribution in [-0.4, -0.2) is 73.3 Å². The molecule has 4 N–H and O–H groups in total. The summed E-state index contributed by atoms with van der Waals surface area (Å²) in [7, 11) is 0. The van der Waals surface area contributed by atoms with Gasteiger partial charge < -0.3 is 21.1 Å². The standard InChI is InChI=1S/C22H37N5O2.HI/c1-3-12-24-21(29)17-27-13-10-19(11-14-27)26-22(23-4-2)25-16-20(28)15-18-8-6-5-7-9-18;/h5-9,19-20,28H,3-4,10-17H2,1-2H3,(H,24,29)(H2,23,25,26);1H. The van der Waals surface area contributed by atoms with E-state index in [1.54, 1.807) is 0 Å². The van der Waals surface area contributed by atoms with E-state index in [4.69, 9.17) is 0 Å². The zero-order chi connectivity index (χ0) is 20.9. The molecule has 1 heterocycles. The summed E-state index contributed by atoms with van der Waals surface area (Å²) < 4.78 is 0. The van der Waals surface area contributed by atoms with Crippen molar-refractivity contribution in [2.45, 2.75) is 51.7 Å². The smallest absolute Gasteiger partial charge is 0.234 e. The molecule has 1 amide bonds. The second-order valence-electron chi connectivity index (χ2n) is 7.61. The Labute approximate surface area is 198 Å². The molecule has 1 aromatic rings. The molecule has 1 unspecified atom stereocenters. The Hall–Kier alpha value is -1.39. The van der Waals surface area contributed by atoms with Crippen molar-refractivity contribution in [1.82, 2.24) is 20.9 Å². The molecule has 0 spiro atoms. The summed E-state index contributed by atoms with van der Waals surface area (Å²) >= 11 is 0. The fraction of sp³-hybridized carbons (Fsp3) is 0.636. The summed E-state index contributed by atoms with van der Waals surface area (Å²) in [5.41, 5.74) is 1.11. The van der Waals surface area contributed by atoms with Crippen molar-refractivity contribution in [2.75, 3.05) is 39.3 Å². The van der Waals surface area contributed by atoms with Crippen LogP contribution in [0, 0.1) is 0 Å². The van der Waals surface area contributed by atoms with Crippen LogP contribution in [0.25, 0.3) is 0 Å². The lowest BCUT2D eigenvalue weighted by atomic mass is 10.1. The van der Waals surface area contributed by atoms with Gasteiger partial charge in [-0.3, -0.25) is 14.7 Å². The van der Waals surface area contributed by atoms with E-state index >= 15 is 0 Å². The van der Waals surface area contributed by atoms with Gasteiger partial charge in [0.05, 0.1) is 19.2 Å². The lowest BCUT2D eigenvalue weighted by Gasteiger charge is -2.32. The number of aliphatic hydroxyl groups is 1. The Morgan fingerprint density at radius 3 is 2.53 bits per heavy atom. The van der Waals surface area contributed by atoms with Gasteiger partial charge in [-0.25, -0.2) is 0 Å². The number of hydrogen-bond donors (Lipinski definition) is 4. The molecule has 0 aliphatic carbocycles. The van der Waals surface area contributed by atoms with Crippen molar-refractivity contribution >= 4 is 35.8 Å². The SMILES string of the molecule is CCCNC(=O)CN1CCC(NC(=NCC(O)Cc2ccccc2)NCC)CC1.I. The average molecular weight is 531 g/mol. The number of aliphatic hydroxyl groups excluding tert-OH is 1. The van der Waals surface area contributed by atoms with Crippen molar-refractivity contribution in [3.05, 3.63) is 35.9 Å². The molecule has 30 heavy (non-hydrogen) atoms. The maximum absolute atomic E-state index is 11.9. The predicted octanol–water partition coefficient (Wildman–Crippen LogP) is 1.75. The van der Waals surface area contributed by atoms with Crippen LogP contribution in [-0.2, 0) is 11.2 Å². The van der Waals surface area contributed by atoms with Gasteiger partial charge in [0.15, 0.2) is 5.96 Å². The average Bonchev–Trinajstić information content (AvgIpc) is 2.73. The summed E-state index contributed by atoms with van der Waals surface area (Å²) in [6.07, 6.45) is 3.00. The third-order valence-electron chi connectivity index (χ3n) is 4.99. The van der Waals surface area contributed by atoms with E-state index in [9.17, 15) is 9.90 Å². The number of nitrogens with zero attached hydrogens (tertiary/aromatic N) is 2. The molecule has 7 nitrogen and oxygen atoms in total. The molecule has 1 aromatic carbocycles. The molecule has 1 fully saturated rings. The van der Waals surface area contributed by atoms with Gasteiger partial charge in [0.25, 0.3) is 0 Å². The zero-order valence-electron chi connectivity index (χ0n) is 18.3. The van der Waals surface area contributed by atoms with E-state index < -0.39 is 6.10 Å². The first-order chi connectivity index (χ1) is 14.1. The van der Waals surface area contributed by atoms with E-state index in [1.807, 2.05) is 37.3 Å². The Morgan fingerprint density at radius 1 is 1.20 bits per heavy atom. The number of likely N-dealkylation sites (tertiary alicyclic amines) is 1. The number of amides is 1. The molecule has 1 aliphatic rings. The molecular weight excluding hydrogens is 493 g/mol. The van der Waals surface area contributed by atoms with Crippen LogP contribution in [0.2, 0.25) is 0 Å². The van der Waals surface area contributed by atoms with Gasteiger partial charge >= 0.3 is 0 Å². The van der Waals surface area contributed by atoms with Crippen molar-refractivity contribution in [1.29, 1.82) is 0 Å². The van der Waals surface area contributed by atoms with Gasteiger partial charge in [-0.2, -0.15) is 0 Å². The minimum Gasteiger partial charge on any atom is -0.391 e. The number of halogens is 1. The number of guanidine groups is 1. The molecule has 2 rings (SSSR count). The van der Waals surface area contributed by atoms with E-state index in [0.29, 0.717) is 25.6 Å². The van der Waals surface area contributed by atoms with Crippen LogP contribution in [0.4, 0.5) is 0 Å². The van der Waals surface area contributed by atoms with E-state index in [2.05, 4.69) is 32.8 Å². The first kappa shape index (κ1) is 26.6. The van der Waals surface area contributed by atoms with E-state index in [1.165, 1.54) is 0 Å². The van der Waals surface area contributed by atoms with Gasteiger partial charge in [-0.1, -0.05) is 37.3 Å². The van der Waals surface area contributed by atoms with Crippen molar-refractivity contribution in [3.63, 3.8) is 0 Å². The molecule has 0 bridgehead atoms. The molecule has 0 radical (unpaired) electrons. The normalized spacial score (nSPS) is 16.4. The van der Waals surface area contributed by atoms with Crippen molar-refractivity contribution in [3.8, 4) is 0 Å². The fourth-order valence-electron chi connectivity index (χ4n) is 3.42. The van der Waals surface area contributed by atoms with Crippen LogP contribution in [0.3, 0.4) is 0 Å². The quantitative estimate of drug-likeness (QED) is 0.210. The van der Waals surface area contributed by atoms with Gasteiger partial charge in [-0.05, 0) is 31.7 Å². The van der Waals surface area contributed by atoms with Crippen LogP contribution in [0.15, 0.2) is 35.3 Å². The lowest BCUT2D eigenvalue weighted by Crippen LogP contribution is -2.50. The number of hydrogen-bond acceptors (Lipinski definition) is 4. The Balaban J connectivity index is 0.00000450. The fourth-order valence-corrected chi connectivity index (χ4v) is 3.42. The molecule has 1 saturated heterocycles. The number of benzene rings is 1. The largest absolute Gasteiger partial charge is 0.391 e. The third kappa shape index (κ3) is 10.6. The molecule has 1 aliphatic heterocycles. The monoisotopic (exact) mass is 531 g/mol. The number of aliphatic imine (C=N–C) groups is 1. The minimum atomic E-state index is -0.503. The highest BCUT2D eigenvalue weighted by Crippen LogP contribution is 2.10. The first-order valence-corrected chi connectivity index (χ1v) is 10.9. The van der Waals surface area contributed by atoms with Gasteiger partial charge in [-0.15, -0.1) is 24.0 Å². The zero-order valence-corrected chi connectivity index (χ0v) is 20.6. The summed E-state index contributed by atoms with van der Waals surface area (Å²) in [6.45, 7) is 8.25. The minimum absolute atomic E-state index is 0. The number of nitrogens with one attached hydrogen (secondary N) is 3. The second-order valence-corrected chi connectivity index (χ2v) is 7.61. The molecule has 0 saturated carbocycles. The second kappa shape index (κ2) is 15.4. The first-order valence-electron chi connectivity index (χ1n) is 10.9. The number of carbonyl (C=O) groups excluding carboxylic acids is 1. The summed E-state index contributed by atoms with van der Waals surface area (Å²) in [4.78, 5) is 18.7. The molecule has 1 atom stereocenters. The Bertz CT molecular complexity index is 621. The summed E-state index contributed by atoms with van der Waals surface area (Å²) in [5, 5.41) is 20.0. The van der Waals surface area contributed by atoms with E-state index in [-0.39, 0.29) is 29.9 Å². The molecule has 0 aromatic heterocycles. The maximum atomic E-state index is 11.9. The number of rotatable bonds is 10. The third-order valence-corrected chi connectivity index (χ3v) is 4.99.